The molecule has 0 aromatic heterocycles. The van der Waals surface area contributed by atoms with Crippen molar-refractivity contribution >= 4 is 5.97 Å². The van der Waals surface area contributed by atoms with Gasteiger partial charge in [-0.25, -0.2) is 0 Å². The first-order valence-electron chi connectivity index (χ1n) is 7.47. The van der Waals surface area contributed by atoms with E-state index in [0.29, 0.717) is 5.92 Å². The maximum atomic E-state index is 11.7. The molecule has 1 unspecified atom stereocenters. The van der Waals surface area contributed by atoms with Crippen molar-refractivity contribution in [2.24, 2.45) is 17.3 Å². The number of carboxylic acids is 1. The Bertz CT molecular complexity index is 273. The minimum Gasteiger partial charge on any atom is -0.481 e. The fourth-order valence-corrected chi connectivity index (χ4v) is 3.73. The lowest BCUT2D eigenvalue weighted by atomic mass is 9.65. The van der Waals surface area contributed by atoms with Gasteiger partial charge in [0, 0.05) is 13.2 Å². The van der Waals surface area contributed by atoms with Crippen molar-refractivity contribution < 1.29 is 14.6 Å². The van der Waals surface area contributed by atoms with Crippen molar-refractivity contribution in [1.82, 2.24) is 0 Å². The van der Waals surface area contributed by atoms with E-state index in [4.69, 9.17) is 4.74 Å². The van der Waals surface area contributed by atoms with Gasteiger partial charge in [0.05, 0.1) is 5.41 Å². The normalized spacial score (nSPS) is 36.7. The molecule has 1 saturated heterocycles. The van der Waals surface area contributed by atoms with Crippen LogP contribution in [0.25, 0.3) is 0 Å². The zero-order valence-electron chi connectivity index (χ0n) is 11.5. The quantitative estimate of drug-likeness (QED) is 0.817. The van der Waals surface area contributed by atoms with Gasteiger partial charge in [0.2, 0.25) is 0 Å². The number of carbonyl (C=O) groups is 1. The fourth-order valence-electron chi connectivity index (χ4n) is 3.73. The van der Waals surface area contributed by atoms with Gasteiger partial charge >= 0.3 is 5.97 Å². The monoisotopic (exact) mass is 254 g/mol. The Morgan fingerprint density at radius 2 is 2.00 bits per heavy atom. The maximum absolute atomic E-state index is 11.7. The molecule has 0 aromatic carbocycles. The first kappa shape index (κ1) is 13.9. The molecule has 0 spiro atoms. The van der Waals surface area contributed by atoms with Crippen LogP contribution >= 0.6 is 0 Å². The van der Waals surface area contributed by atoms with Gasteiger partial charge in [-0.05, 0) is 50.4 Å². The highest BCUT2D eigenvalue weighted by Gasteiger charge is 2.43. The average Bonchev–Trinajstić information content (AvgIpc) is 2.84. The fraction of sp³-hybridized carbons (Fsp3) is 0.933. The lowest BCUT2D eigenvalue weighted by Gasteiger charge is -2.38. The van der Waals surface area contributed by atoms with Crippen LogP contribution in [-0.2, 0) is 9.53 Å². The van der Waals surface area contributed by atoms with Crippen molar-refractivity contribution in [3.05, 3.63) is 0 Å². The summed E-state index contributed by atoms with van der Waals surface area (Å²) in [6.45, 7) is 3.81. The zero-order valence-corrected chi connectivity index (χ0v) is 11.5. The van der Waals surface area contributed by atoms with Gasteiger partial charge in [0.25, 0.3) is 0 Å². The predicted molar refractivity (Wildman–Crippen MR) is 70.5 cm³/mol. The summed E-state index contributed by atoms with van der Waals surface area (Å²) in [5.74, 6) is 0.676. The van der Waals surface area contributed by atoms with Crippen LogP contribution in [0.5, 0.6) is 0 Å². The summed E-state index contributed by atoms with van der Waals surface area (Å²) in [5, 5.41) is 9.62. The number of hydrogen-bond acceptors (Lipinski definition) is 2. The topological polar surface area (TPSA) is 46.5 Å². The molecule has 2 aliphatic rings. The number of carboxylic acid groups (broad SMARTS) is 1. The lowest BCUT2D eigenvalue weighted by molar-refractivity contribution is -0.153. The van der Waals surface area contributed by atoms with E-state index in [1.807, 2.05) is 0 Å². The van der Waals surface area contributed by atoms with Crippen LogP contribution < -0.4 is 0 Å². The molecule has 1 aliphatic carbocycles. The standard InChI is InChI=1S/C15H26O3/c1-2-3-12-4-7-15(8-5-12,14(16)17)10-13-6-9-18-11-13/h12-13H,2-11H2,1H3,(H,16,17). The van der Waals surface area contributed by atoms with Crippen molar-refractivity contribution in [3.63, 3.8) is 0 Å². The molecule has 0 bridgehead atoms. The number of rotatable bonds is 5. The van der Waals surface area contributed by atoms with E-state index in [2.05, 4.69) is 6.92 Å². The number of ether oxygens (including phenoxy) is 1. The van der Waals surface area contributed by atoms with Gasteiger partial charge in [0.1, 0.15) is 0 Å². The van der Waals surface area contributed by atoms with Crippen LogP contribution in [0.4, 0.5) is 0 Å². The van der Waals surface area contributed by atoms with Crippen LogP contribution in [0.1, 0.15) is 58.3 Å². The second-order valence-electron chi connectivity index (χ2n) is 6.25. The van der Waals surface area contributed by atoms with Crippen LogP contribution in [0.15, 0.2) is 0 Å². The van der Waals surface area contributed by atoms with Crippen molar-refractivity contribution in [3.8, 4) is 0 Å². The molecule has 1 N–H and O–H groups in total. The maximum Gasteiger partial charge on any atom is 0.309 e. The Morgan fingerprint density at radius 3 is 2.50 bits per heavy atom. The molecular formula is C15H26O3. The SMILES string of the molecule is CCCC1CCC(CC2CCOC2)(C(=O)O)CC1. The summed E-state index contributed by atoms with van der Waals surface area (Å²) in [6.07, 6.45) is 8.34. The van der Waals surface area contributed by atoms with Gasteiger partial charge in [0.15, 0.2) is 0 Å². The second-order valence-corrected chi connectivity index (χ2v) is 6.25. The molecule has 3 heteroatoms. The summed E-state index contributed by atoms with van der Waals surface area (Å²) in [5.41, 5.74) is -0.442. The molecule has 1 atom stereocenters. The molecule has 2 fully saturated rings. The highest BCUT2D eigenvalue weighted by molar-refractivity contribution is 5.74. The average molecular weight is 254 g/mol. The Kier molecular flexibility index (Phi) is 4.66. The lowest BCUT2D eigenvalue weighted by Crippen LogP contribution is -2.37. The summed E-state index contributed by atoms with van der Waals surface area (Å²) < 4.78 is 5.39. The van der Waals surface area contributed by atoms with E-state index in [1.165, 1.54) is 12.8 Å². The minimum absolute atomic E-state index is 0.442. The first-order valence-corrected chi connectivity index (χ1v) is 7.47. The molecule has 0 amide bonds. The van der Waals surface area contributed by atoms with Crippen LogP contribution in [0, 0.1) is 17.3 Å². The zero-order chi connectivity index (χ0) is 13.0. The van der Waals surface area contributed by atoms with E-state index >= 15 is 0 Å². The van der Waals surface area contributed by atoms with Gasteiger partial charge in [-0.15, -0.1) is 0 Å². The summed E-state index contributed by atoms with van der Waals surface area (Å²) in [6, 6.07) is 0. The summed E-state index contributed by atoms with van der Waals surface area (Å²) in [4.78, 5) is 11.7. The van der Waals surface area contributed by atoms with Gasteiger partial charge < -0.3 is 9.84 Å². The second kappa shape index (κ2) is 6.05. The van der Waals surface area contributed by atoms with Gasteiger partial charge in [-0.1, -0.05) is 19.8 Å². The molecule has 3 nitrogen and oxygen atoms in total. The first-order chi connectivity index (χ1) is 8.66. The van der Waals surface area contributed by atoms with Crippen LogP contribution in [0.2, 0.25) is 0 Å². The Morgan fingerprint density at radius 1 is 1.28 bits per heavy atom. The van der Waals surface area contributed by atoms with E-state index in [9.17, 15) is 9.90 Å². The molecule has 2 rings (SSSR count). The third-order valence-corrected chi connectivity index (χ3v) is 4.92. The van der Waals surface area contributed by atoms with E-state index in [-0.39, 0.29) is 0 Å². The van der Waals surface area contributed by atoms with Gasteiger partial charge in [-0.3, -0.25) is 4.79 Å². The van der Waals surface area contributed by atoms with Crippen molar-refractivity contribution in [1.29, 1.82) is 0 Å². The Hall–Kier alpha value is -0.570. The number of hydrogen-bond donors (Lipinski definition) is 1. The Balaban J connectivity index is 1.94. The summed E-state index contributed by atoms with van der Waals surface area (Å²) >= 11 is 0. The van der Waals surface area contributed by atoms with E-state index in [0.717, 1.165) is 57.7 Å². The molecule has 1 saturated carbocycles. The third kappa shape index (κ3) is 3.05. The van der Waals surface area contributed by atoms with Crippen LogP contribution in [-0.4, -0.2) is 24.3 Å². The highest BCUT2D eigenvalue weighted by atomic mass is 16.5. The van der Waals surface area contributed by atoms with Crippen molar-refractivity contribution in [2.45, 2.75) is 58.3 Å². The predicted octanol–water partition coefficient (Wildman–Crippen LogP) is 3.47. The highest BCUT2D eigenvalue weighted by Crippen LogP contribution is 2.45. The molecular weight excluding hydrogens is 228 g/mol. The minimum atomic E-state index is -0.565. The number of aliphatic carboxylic acids is 1. The summed E-state index contributed by atoms with van der Waals surface area (Å²) in [7, 11) is 0. The van der Waals surface area contributed by atoms with E-state index in [1.54, 1.807) is 0 Å². The van der Waals surface area contributed by atoms with E-state index < -0.39 is 11.4 Å². The Labute approximate surface area is 110 Å². The molecule has 0 radical (unpaired) electrons. The smallest absolute Gasteiger partial charge is 0.309 e. The molecule has 104 valence electrons. The largest absolute Gasteiger partial charge is 0.481 e. The van der Waals surface area contributed by atoms with Gasteiger partial charge in [-0.2, -0.15) is 0 Å². The molecule has 0 aromatic rings. The third-order valence-electron chi connectivity index (χ3n) is 4.92. The molecule has 1 aliphatic heterocycles. The molecule has 1 heterocycles. The van der Waals surface area contributed by atoms with Crippen molar-refractivity contribution in [2.75, 3.05) is 13.2 Å². The van der Waals surface area contributed by atoms with Crippen LogP contribution in [0.3, 0.4) is 0 Å². The molecule has 18 heavy (non-hydrogen) atoms.